The third-order valence-corrected chi connectivity index (χ3v) is 2.97. The maximum absolute atomic E-state index is 11.6. The van der Waals surface area contributed by atoms with Crippen molar-refractivity contribution in [2.45, 2.75) is 24.9 Å². The number of rotatable bonds is 2. The first-order valence-corrected chi connectivity index (χ1v) is 5.07. The van der Waals surface area contributed by atoms with Crippen molar-refractivity contribution in [3.8, 4) is 5.75 Å². The molecule has 3 nitrogen and oxygen atoms in total. The molecule has 1 aromatic carbocycles. The van der Waals surface area contributed by atoms with E-state index in [0.717, 1.165) is 12.2 Å². The zero-order chi connectivity index (χ0) is 10.9. The number of hydrogen-bond donors (Lipinski definition) is 1. The zero-order valence-corrected chi connectivity index (χ0v) is 8.69. The van der Waals surface area contributed by atoms with Crippen LogP contribution in [0.15, 0.2) is 24.3 Å². The summed E-state index contributed by atoms with van der Waals surface area (Å²) in [6.07, 6.45) is 1.77. The second-order valence-electron chi connectivity index (χ2n) is 3.87. The standard InChI is InChI=1S/C12H14O3/c1-15-10-6-4-9(5-7-10)12(14)8-2-3-11(12)13/h4-7,14H,2-3,8H2,1H3/t12-/m0/s1. The first kappa shape index (κ1) is 10.2. The van der Waals surface area contributed by atoms with E-state index in [0.29, 0.717) is 18.4 Å². The van der Waals surface area contributed by atoms with Crippen LogP contribution in [0, 0.1) is 0 Å². The quantitative estimate of drug-likeness (QED) is 0.800. The van der Waals surface area contributed by atoms with Gasteiger partial charge in [0.05, 0.1) is 7.11 Å². The Kier molecular flexibility index (Phi) is 2.49. The summed E-state index contributed by atoms with van der Waals surface area (Å²) in [6, 6.07) is 7.03. The molecule has 3 heteroatoms. The largest absolute Gasteiger partial charge is 0.497 e. The molecule has 1 saturated carbocycles. The van der Waals surface area contributed by atoms with Crippen LogP contribution in [-0.2, 0) is 10.4 Å². The summed E-state index contributed by atoms with van der Waals surface area (Å²) < 4.78 is 5.03. The van der Waals surface area contributed by atoms with Gasteiger partial charge in [-0.15, -0.1) is 0 Å². The number of Topliss-reactive ketones (excluding diaryl/α,β-unsaturated/α-hetero) is 1. The molecule has 0 unspecified atom stereocenters. The summed E-state index contributed by atoms with van der Waals surface area (Å²) in [5.41, 5.74) is -0.586. The van der Waals surface area contributed by atoms with Gasteiger partial charge in [0.2, 0.25) is 0 Å². The minimum atomic E-state index is -1.26. The first-order valence-electron chi connectivity index (χ1n) is 5.07. The molecule has 0 aromatic heterocycles. The molecule has 0 radical (unpaired) electrons. The van der Waals surface area contributed by atoms with E-state index >= 15 is 0 Å². The topological polar surface area (TPSA) is 46.5 Å². The minimum absolute atomic E-state index is 0.0762. The fourth-order valence-electron chi connectivity index (χ4n) is 2.02. The fraction of sp³-hybridized carbons (Fsp3) is 0.417. The van der Waals surface area contributed by atoms with Gasteiger partial charge >= 0.3 is 0 Å². The lowest BCUT2D eigenvalue weighted by Gasteiger charge is -2.21. The molecule has 1 aliphatic rings. The number of ether oxygens (including phenoxy) is 1. The average molecular weight is 206 g/mol. The maximum atomic E-state index is 11.6. The number of carbonyl (C=O) groups is 1. The second-order valence-corrected chi connectivity index (χ2v) is 3.87. The number of hydrogen-bond acceptors (Lipinski definition) is 3. The molecule has 0 spiro atoms. The summed E-state index contributed by atoms with van der Waals surface area (Å²) in [4.78, 5) is 11.6. The van der Waals surface area contributed by atoms with Gasteiger partial charge < -0.3 is 9.84 Å². The Morgan fingerprint density at radius 1 is 1.33 bits per heavy atom. The smallest absolute Gasteiger partial charge is 0.168 e. The third kappa shape index (κ3) is 1.63. The molecule has 0 bridgehead atoms. The van der Waals surface area contributed by atoms with Crippen molar-refractivity contribution in [3.05, 3.63) is 29.8 Å². The molecular weight excluding hydrogens is 192 g/mol. The SMILES string of the molecule is COc1ccc([C@@]2(O)CCCC2=O)cc1. The first-order chi connectivity index (χ1) is 7.16. The van der Waals surface area contributed by atoms with Crippen molar-refractivity contribution in [1.29, 1.82) is 0 Å². The summed E-state index contributed by atoms with van der Waals surface area (Å²) >= 11 is 0. The predicted molar refractivity (Wildman–Crippen MR) is 55.7 cm³/mol. The van der Waals surface area contributed by atoms with Crippen LogP contribution in [0.1, 0.15) is 24.8 Å². The van der Waals surface area contributed by atoms with Gasteiger partial charge in [0.1, 0.15) is 11.4 Å². The maximum Gasteiger partial charge on any atom is 0.168 e. The van der Waals surface area contributed by atoms with Gasteiger partial charge in [0.25, 0.3) is 0 Å². The van der Waals surface area contributed by atoms with Crippen LogP contribution >= 0.6 is 0 Å². The molecule has 15 heavy (non-hydrogen) atoms. The Labute approximate surface area is 88.7 Å². The van der Waals surface area contributed by atoms with Crippen LogP contribution in [0.25, 0.3) is 0 Å². The Bertz CT molecular complexity index is 369. The lowest BCUT2D eigenvalue weighted by Crippen LogP contribution is -2.30. The van der Waals surface area contributed by atoms with E-state index in [-0.39, 0.29) is 5.78 Å². The highest BCUT2D eigenvalue weighted by Gasteiger charge is 2.41. The average Bonchev–Trinajstić information content (AvgIpc) is 2.61. The predicted octanol–water partition coefficient (Wildman–Crippen LogP) is 1.64. The highest BCUT2D eigenvalue weighted by atomic mass is 16.5. The highest BCUT2D eigenvalue weighted by molar-refractivity contribution is 5.90. The number of aliphatic hydroxyl groups is 1. The van der Waals surface area contributed by atoms with E-state index in [2.05, 4.69) is 0 Å². The third-order valence-electron chi connectivity index (χ3n) is 2.97. The van der Waals surface area contributed by atoms with E-state index in [4.69, 9.17) is 4.74 Å². The van der Waals surface area contributed by atoms with Crippen molar-refractivity contribution in [3.63, 3.8) is 0 Å². The van der Waals surface area contributed by atoms with E-state index in [9.17, 15) is 9.90 Å². The second kappa shape index (κ2) is 3.66. The van der Waals surface area contributed by atoms with Gasteiger partial charge in [0, 0.05) is 6.42 Å². The lowest BCUT2D eigenvalue weighted by molar-refractivity contribution is -0.134. The zero-order valence-electron chi connectivity index (χ0n) is 8.69. The van der Waals surface area contributed by atoms with Gasteiger partial charge in [-0.3, -0.25) is 4.79 Å². The van der Waals surface area contributed by atoms with Crippen molar-refractivity contribution >= 4 is 5.78 Å². The van der Waals surface area contributed by atoms with Gasteiger partial charge in [-0.05, 0) is 30.5 Å². The summed E-state index contributed by atoms with van der Waals surface area (Å²) in [7, 11) is 1.59. The molecule has 0 saturated heterocycles. The Morgan fingerprint density at radius 2 is 2.00 bits per heavy atom. The molecule has 80 valence electrons. The van der Waals surface area contributed by atoms with Crippen LogP contribution in [0.2, 0.25) is 0 Å². The van der Waals surface area contributed by atoms with E-state index < -0.39 is 5.60 Å². The van der Waals surface area contributed by atoms with Crippen LogP contribution in [0.3, 0.4) is 0 Å². The number of benzene rings is 1. The number of ketones is 1. The lowest BCUT2D eigenvalue weighted by atomic mass is 9.91. The van der Waals surface area contributed by atoms with Crippen molar-refractivity contribution in [1.82, 2.24) is 0 Å². The van der Waals surface area contributed by atoms with Crippen LogP contribution in [0.5, 0.6) is 5.75 Å². The molecule has 1 atom stereocenters. The molecule has 2 rings (SSSR count). The summed E-state index contributed by atoms with van der Waals surface area (Å²) in [5, 5.41) is 10.2. The monoisotopic (exact) mass is 206 g/mol. The highest BCUT2D eigenvalue weighted by Crippen LogP contribution is 2.36. The van der Waals surface area contributed by atoms with Gasteiger partial charge in [0.15, 0.2) is 5.78 Å². The number of carbonyl (C=O) groups excluding carboxylic acids is 1. The molecule has 0 aliphatic heterocycles. The van der Waals surface area contributed by atoms with E-state index in [1.807, 2.05) is 0 Å². The molecular formula is C12H14O3. The van der Waals surface area contributed by atoms with Crippen LogP contribution < -0.4 is 4.74 Å². The molecule has 0 heterocycles. The molecule has 0 amide bonds. The molecule has 1 aliphatic carbocycles. The van der Waals surface area contributed by atoms with Gasteiger partial charge in [-0.2, -0.15) is 0 Å². The Morgan fingerprint density at radius 3 is 2.47 bits per heavy atom. The molecule has 1 fully saturated rings. The normalized spacial score (nSPS) is 25.6. The summed E-state index contributed by atoms with van der Waals surface area (Å²) in [5.74, 6) is 0.653. The summed E-state index contributed by atoms with van der Waals surface area (Å²) in [6.45, 7) is 0. The number of methoxy groups -OCH3 is 1. The van der Waals surface area contributed by atoms with Gasteiger partial charge in [-0.1, -0.05) is 12.1 Å². The van der Waals surface area contributed by atoms with Gasteiger partial charge in [-0.25, -0.2) is 0 Å². The Hall–Kier alpha value is -1.35. The van der Waals surface area contributed by atoms with Crippen molar-refractivity contribution in [2.24, 2.45) is 0 Å². The van der Waals surface area contributed by atoms with Crippen LogP contribution in [0.4, 0.5) is 0 Å². The van der Waals surface area contributed by atoms with E-state index in [1.165, 1.54) is 0 Å². The van der Waals surface area contributed by atoms with Crippen molar-refractivity contribution < 1.29 is 14.6 Å². The Balaban J connectivity index is 2.32. The van der Waals surface area contributed by atoms with E-state index in [1.54, 1.807) is 31.4 Å². The molecule has 1 aromatic rings. The molecule has 1 N–H and O–H groups in total. The fourth-order valence-corrected chi connectivity index (χ4v) is 2.02. The van der Waals surface area contributed by atoms with Crippen LogP contribution in [-0.4, -0.2) is 18.0 Å². The van der Waals surface area contributed by atoms with Crippen molar-refractivity contribution in [2.75, 3.05) is 7.11 Å². The minimum Gasteiger partial charge on any atom is -0.497 e.